The highest BCUT2D eigenvalue weighted by Gasteiger charge is 2.17. The summed E-state index contributed by atoms with van der Waals surface area (Å²) in [5.41, 5.74) is 0.931. The second-order valence-corrected chi connectivity index (χ2v) is 7.81. The number of hydrogen-bond acceptors (Lipinski definition) is 3. The van der Waals surface area contributed by atoms with Crippen molar-refractivity contribution in [2.24, 2.45) is 5.14 Å². The van der Waals surface area contributed by atoms with Crippen LogP contribution in [0.5, 0.6) is 0 Å². The Bertz CT molecular complexity index is 884. The number of amides is 2. The van der Waals surface area contributed by atoms with Crippen LogP contribution in [0.3, 0.4) is 0 Å². The van der Waals surface area contributed by atoms with Crippen molar-refractivity contribution in [3.8, 4) is 0 Å². The van der Waals surface area contributed by atoms with Crippen LogP contribution in [-0.4, -0.2) is 26.4 Å². The van der Waals surface area contributed by atoms with Gasteiger partial charge in [0.25, 0.3) is 0 Å². The second kappa shape index (κ2) is 8.03. The van der Waals surface area contributed by atoms with Crippen LogP contribution in [0.15, 0.2) is 47.4 Å². The third kappa shape index (κ3) is 4.94. The van der Waals surface area contributed by atoms with Crippen LogP contribution in [0.1, 0.15) is 24.1 Å². The molecular weight excluding hydrogens is 381 g/mol. The van der Waals surface area contributed by atoms with Gasteiger partial charge in [-0.3, -0.25) is 0 Å². The molecule has 0 bridgehead atoms. The number of carbonyl (C=O) groups is 1. The van der Waals surface area contributed by atoms with Gasteiger partial charge in [-0.05, 0) is 36.8 Å². The molecule has 0 fully saturated rings. The molecule has 2 aromatic carbocycles. The number of sulfonamides is 1. The number of benzene rings is 2. The Labute approximate surface area is 156 Å². The quantitative estimate of drug-likeness (QED) is 0.809. The summed E-state index contributed by atoms with van der Waals surface area (Å²) in [5.74, 6) is -0.483. The van der Waals surface area contributed by atoms with Gasteiger partial charge in [-0.1, -0.05) is 29.8 Å². The van der Waals surface area contributed by atoms with Crippen LogP contribution in [0.25, 0.3) is 0 Å². The van der Waals surface area contributed by atoms with E-state index in [0.717, 1.165) is 0 Å². The molecule has 140 valence electrons. The third-order valence-corrected chi connectivity index (χ3v) is 5.14. The van der Waals surface area contributed by atoms with Crippen molar-refractivity contribution in [2.75, 3.05) is 7.05 Å². The lowest BCUT2D eigenvalue weighted by molar-refractivity contribution is 0.203. The molecule has 26 heavy (non-hydrogen) atoms. The molecule has 1 atom stereocenters. The Balaban J connectivity index is 2.04. The lowest BCUT2D eigenvalue weighted by Crippen LogP contribution is -2.38. The Morgan fingerprint density at radius 1 is 1.27 bits per heavy atom. The summed E-state index contributed by atoms with van der Waals surface area (Å²) >= 11 is 5.97. The maximum atomic E-state index is 13.8. The molecular formula is C17H19ClFN3O3S. The number of primary sulfonamides is 1. The summed E-state index contributed by atoms with van der Waals surface area (Å²) in [5, 5.41) is 8.06. The number of nitrogens with one attached hydrogen (secondary N) is 1. The largest absolute Gasteiger partial charge is 0.331 e. The molecule has 1 unspecified atom stereocenters. The third-order valence-electron chi connectivity index (χ3n) is 3.85. The number of carbonyl (C=O) groups excluding carboxylic acids is 1. The first-order valence-electron chi connectivity index (χ1n) is 7.67. The number of rotatable bonds is 5. The van der Waals surface area contributed by atoms with Gasteiger partial charge in [0.1, 0.15) is 5.82 Å². The van der Waals surface area contributed by atoms with Crippen molar-refractivity contribution in [1.82, 2.24) is 10.2 Å². The number of nitrogens with zero attached hydrogens (tertiary/aromatic N) is 1. The SMILES string of the molecule is CC(NC(=O)N(C)Cc1c(F)cccc1Cl)c1ccc(S(N)(=O)=O)cc1. The number of halogens is 2. The smallest absolute Gasteiger partial charge is 0.317 e. The first kappa shape index (κ1) is 20.2. The van der Waals surface area contributed by atoms with E-state index in [1.807, 2.05) is 0 Å². The van der Waals surface area contributed by atoms with Gasteiger partial charge < -0.3 is 10.2 Å². The van der Waals surface area contributed by atoms with Crippen LogP contribution in [0.2, 0.25) is 5.02 Å². The standard InChI is InChI=1S/C17H19ClFN3O3S/c1-11(12-6-8-13(9-7-12)26(20,24)25)21-17(23)22(2)10-14-15(18)4-3-5-16(14)19/h3-9,11H,10H2,1-2H3,(H,21,23)(H2,20,24,25). The molecule has 0 saturated heterocycles. The summed E-state index contributed by atoms with van der Waals surface area (Å²) in [6, 6.07) is 9.39. The van der Waals surface area contributed by atoms with E-state index in [9.17, 15) is 17.6 Å². The van der Waals surface area contributed by atoms with Gasteiger partial charge in [0.05, 0.1) is 17.5 Å². The maximum Gasteiger partial charge on any atom is 0.317 e. The van der Waals surface area contributed by atoms with E-state index < -0.39 is 27.9 Å². The molecule has 2 aromatic rings. The van der Waals surface area contributed by atoms with Crippen molar-refractivity contribution in [2.45, 2.75) is 24.4 Å². The lowest BCUT2D eigenvalue weighted by Gasteiger charge is -2.22. The zero-order valence-corrected chi connectivity index (χ0v) is 15.8. The van der Waals surface area contributed by atoms with Crippen molar-refractivity contribution in [1.29, 1.82) is 0 Å². The van der Waals surface area contributed by atoms with E-state index in [0.29, 0.717) is 5.56 Å². The fraction of sp³-hybridized carbons (Fsp3) is 0.235. The molecule has 0 aliphatic rings. The van der Waals surface area contributed by atoms with Crippen LogP contribution < -0.4 is 10.5 Å². The van der Waals surface area contributed by atoms with Gasteiger partial charge in [0, 0.05) is 17.6 Å². The molecule has 0 spiro atoms. The highest BCUT2D eigenvalue weighted by atomic mass is 35.5. The number of hydrogen-bond donors (Lipinski definition) is 2. The van der Waals surface area contributed by atoms with Gasteiger partial charge in [0.15, 0.2) is 0 Å². The zero-order valence-electron chi connectivity index (χ0n) is 14.2. The van der Waals surface area contributed by atoms with Crippen molar-refractivity contribution in [3.63, 3.8) is 0 Å². The first-order valence-corrected chi connectivity index (χ1v) is 9.59. The summed E-state index contributed by atoms with van der Waals surface area (Å²) in [6.45, 7) is 1.75. The van der Waals surface area contributed by atoms with Gasteiger partial charge >= 0.3 is 6.03 Å². The Morgan fingerprint density at radius 3 is 2.42 bits per heavy atom. The first-order chi connectivity index (χ1) is 12.1. The lowest BCUT2D eigenvalue weighted by atomic mass is 10.1. The molecule has 2 rings (SSSR count). The molecule has 3 N–H and O–H groups in total. The van der Waals surface area contributed by atoms with Crippen LogP contribution in [0, 0.1) is 5.82 Å². The predicted octanol–water partition coefficient (Wildman–Crippen LogP) is 3.03. The maximum absolute atomic E-state index is 13.8. The average Bonchev–Trinajstić information content (AvgIpc) is 2.57. The van der Waals surface area contributed by atoms with Crippen molar-refractivity contribution < 1.29 is 17.6 Å². The van der Waals surface area contributed by atoms with Gasteiger partial charge in [-0.2, -0.15) is 0 Å². The summed E-state index contributed by atoms with van der Waals surface area (Å²) < 4.78 is 36.4. The Hall–Kier alpha value is -2.16. The van der Waals surface area contributed by atoms with Crippen LogP contribution in [-0.2, 0) is 16.6 Å². The molecule has 9 heteroatoms. The van der Waals surface area contributed by atoms with E-state index >= 15 is 0 Å². The molecule has 2 amide bonds. The van der Waals surface area contributed by atoms with E-state index in [1.165, 1.54) is 36.2 Å². The minimum absolute atomic E-state index is 0.00825. The predicted molar refractivity (Wildman–Crippen MR) is 97.6 cm³/mol. The normalized spacial score (nSPS) is 12.5. The number of urea groups is 1. The summed E-state index contributed by atoms with van der Waals surface area (Å²) in [7, 11) is -2.25. The van der Waals surface area contributed by atoms with Gasteiger partial charge in [0.2, 0.25) is 10.0 Å². The molecule has 0 aromatic heterocycles. The minimum Gasteiger partial charge on any atom is -0.331 e. The molecule has 0 aliphatic carbocycles. The monoisotopic (exact) mass is 399 g/mol. The molecule has 0 heterocycles. The van der Waals surface area contributed by atoms with Crippen LogP contribution >= 0.6 is 11.6 Å². The summed E-state index contributed by atoms with van der Waals surface area (Å²) in [4.78, 5) is 13.6. The summed E-state index contributed by atoms with van der Waals surface area (Å²) in [6.07, 6.45) is 0. The topological polar surface area (TPSA) is 92.5 Å². The fourth-order valence-electron chi connectivity index (χ4n) is 2.32. The second-order valence-electron chi connectivity index (χ2n) is 5.84. The molecule has 0 aliphatic heterocycles. The molecule has 6 nitrogen and oxygen atoms in total. The van der Waals surface area contributed by atoms with Gasteiger partial charge in [-0.25, -0.2) is 22.7 Å². The highest BCUT2D eigenvalue weighted by molar-refractivity contribution is 7.89. The fourth-order valence-corrected chi connectivity index (χ4v) is 3.06. The van der Waals surface area contributed by atoms with Gasteiger partial charge in [-0.15, -0.1) is 0 Å². The highest BCUT2D eigenvalue weighted by Crippen LogP contribution is 2.21. The molecule has 0 radical (unpaired) electrons. The van der Waals surface area contributed by atoms with E-state index in [-0.39, 0.29) is 22.0 Å². The van der Waals surface area contributed by atoms with Crippen LogP contribution in [0.4, 0.5) is 9.18 Å². The Kier molecular flexibility index (Phi) is 6.22. The van der Waals surface area contributed by atoms with Crippen molar-refractivity contribution in [3.05, 3.63) is 64.4 Å². The van der Waals surface area contributed by atoms with E-state index in [4.69, 9.17) is 16.7 Å². The Morgan fingerprint density at radius 2 is 1.88 bits per heavy atom. The average molecular weight is 400 g/mol. The minimum atomic E-state index is -3.77. The van der Waals surface area contributed by atoms with Crippen molar-refractivity contribution >= 4 is 27.7 Å². The zero-order chi connectivity index (χ0) is 19.5. The van der Waals surface area contributed by atoms with E-state index in [1.54, 1.807) is 25.1 Å². The van der Waals surface area contributed by atoms with E-state index in [2.05, 4.69) is 5.32 Å². The number of nitrogens with two attached hydrogens (primary N) is 1. The molecule has 0 saturated carbocycles.